The molecule has 0 unspecified atom stereocenters. The van der Waals surface area contributed by atoms with Gasteiger partial charge in [-0.15, -0.1) is 0 Å². The number of benzene rings is 2. The summed E-state index contributed by atoms with van der Waals surface area (Å²) in [7, 11) is 3.16. The van der Waals surface area contributed by atoms with Gasteiger partial charge in [-0.05, 0) is 36.1 Å². The van der Waals surface area contributed by atoms with Crippen molar-refractivity contribution in [3.63, 3.8) is 0 Å². The van der Waals surface area contributed by atoms with E-state index in [1.165, 1.54) is 12.8 Å². The summed E-state index contributed by atoms with van der Waals surface area (Å²) in [6.07, 6.45) is 6.55. The fraction of sp³-hybridized carbons (Fsp3) is 0.462. The highest BCUT2D eigenvalue weighted by atomic mass is 16.5. The molecular weight excluding hydrogens is 404 g/mol. The number of carbonyl (C=O) groups is 2. The lowest BCUT2D eigenvalue weighted by molar-refractivity contribution is -0.159. The fourth-order valence-electron chi connectivity index (χ4n) is 4.93. The molecular formula is C26H32N2O4. The van der Waals surface area contributed by atoms with Crippen LogP contribution in [0.15, 0.2) is 48.5 Å². The van der Waals surface area contributed by atoms with Crippen LogP contribution in [0.2, 0.25) is 0 Å². The Morgan fingerprint density at radius 3 is 2.22 bits per heavy atom. The molecule has 1 aliphatic heterocycles. The first-order valence-corrected chi connectivity index (χ1v) is 11.5. The number of ether oxygens (including phenoxy) is 2. The van der Waals surface area contributed by atoms with Crippen LogP contribution in [0.3, 0.4) is 0 Å². The minimum Gasteiger partial charge on any atom is -0.493 e. The standard InChI is InChI=1S/C26H32N2O4/c1-31-22-15-14-20(16-23(22)32-2)25-26(30)27(21-12-8-3-4-9-13-21)18-24(29)28(25)17-19-10-6-5-7-11-19/h5-7,10-11,14-16,21,25H,3-4,8-9,12-13,17-18H2,1-2H3/t25-/m0/s1. The molecule has 2 fully saturated rings. The summed E-state index contributed by atoms with van der Waals surface area (Å²) >= 11 is 0. The quantitative estimate of drug-likeness (QED) is 0.632. The maximum atomic E-state index is 13.9. The second kappa shape index (κ2) is 10.1. The number of carbonyl (C=O) groups excluding carboxylic acids is 2. The van der Waals surface area contributed by atoms with E-state index in [0.717, 1.165) is 36.8 Å². The van der Waals surface area contributed by atoms with Crippen molar-refractivity contribution in [3.05, 3.63) is 59.7 Å². The lowest BCUT2D eigenvalue weighted by atomic mass is 9.96. The number of nitrogens with zero attached hydrogens (tertiary/aromatic N) is 2. The third-order valence-electron chi connectivity index (χ3n) is 6.64. The zero-order valence-electron chi connectivity index (χ0n) is 19.0. The van der Waals surface area contributed by atoms with E-state index in [0.29, 0.717) is 18.0 Å². The highest BCUT2D eigenvalue weighted by Gasteiger charge is 2.43. The van der Waals surface area contributed by atoms with Crippen LogP contribution < -0.4 is 9.47 Å². The van der Waals surface area contributed by atoms with Crippen molar-refractivity contribution in [3.8, 4) is 11.5 Å². The van der Waals surface area contributed by atoms with Crippen LogP contribution in [0.5, 0.6) is 11.5 Å². The molecule has 1 saturated carbocycles. The molecule has 170 valence electrons. The number of hydrogen-bond acceptors (Lipinski definition) is 4. The highest BCUT2D eigenvalue weighted by Crippen LogP contribution is 2.37. The molecule has 2 aromatic rings. The first-order chi connectivity index (χ1) is 15.6. The van der Waals surface area contributed by atoms with E-state index in [4.69, 9.17) is 9.47 Å². The molecule has 6 heteroatoms. The minimum atomic E-state index is -0.681. The van der Waals surface area contributed by atoms with Crippen molar-refractivity contribution < 1.29 is 19.1 Å². The molecule has 4 rings (SSSR count). The van der Waals surface area contributed by atoms with Gasteiger partial charge >= 0.3 is 0 Å². The minimum absolute atomic E-state index is 0.000323. The normalized spacial score (nSPS) is 20.2. The Morgan fingerprint density at radius 2 is 1.56 bits per heavy atom. The van der Waals surface area contributed by atoms with Gasteiger partial charge in [0.2, 0.25) is 5.91 Å². The van der Waals surface area contributed by atoms with Crippen molar-refractivity contribution in [1.82, 2.24) is 9.80 Å². The number of amides is 2. The molecule has 2 amide bonds. The summed E-state index contributed by atoms with van der Waals surface area (Å²) in [4.78, 5) is 30.9. The van der Waals surface area contributed by atoms with Gasteiger partial charge in [-0.1, -0.05) is 62.1 Å². The van der Waals surface area contributed by atoms with Crippen LogP contribution in [0, 0.1) is 0 Å². The zero-order valence-corrected chi connectivity index (χ0v) is 19.0. The average Bonchev–Trinajstić information content (AvgIpc) is 3.11. The third-order valence-corrected chi connectivity index (χ3v) is 6.64. The number of methoxy groups -OCH3 is 2. The van der Waals surface area contributed by atoms with Crippen LogP contribution in [0.25, 0.3) is 0 Å². The topological polar surface area (TPSA) is 59.1 Å². The van der Waals surface area contributed by atoms with Gasteiger partial charge in [0.05, 0.1) is 14.2 Å². The second-order valence-corrected chi connectivity index (χ2v) is 8.64. The molecule has 0 N–H and O–H groups in total. The number of piperazine rings is 1. The predicted molar refractivity (Wildman–Crippen MR) is 122 cm³/mol. The smallest absolute Gasteiger partial charge is 0.250 e. The van der Waals surface area contributed by atoms with E-state index in [9.17, 15) is 9.59 Å². The lowest BCUT2D eigenvalue weighted by Gasteiger charge is -2.43. The van der Waals surface area contributed by atoms with Gasteiger partial charge in [-0.25, -0.2) is 0 Å². The first-order valence-electron chi connectivity index (χ1n) is 11.5. The SMILES string of the molecule is COc1ccc([C@H]2C(=O)N(C3CCCCCC3)CC(=O)N2Cc2ccccc2)cc1OC. The third kappa shape index (κ3) is 4.59. The van der Waals surface area contributed by atoms with Crippen LogP contribution >= 0.6 is 0 Å². The molecule has 0 radical (unpaired) electrons. The maximum Gasteiger partial charge on any atom is 0.250 e. The number of hydrogen-bond donors (Lipinski definition) is 0. The van der Waals surface area contributed by atoms with E-state index in [1.807, 2.05) is 47.4 Å². The molecule has 0 spiro atoms. The summed E-state index contributed by atoms with van der Waals surface area (Å²) in [5.74, 6) is 1.13. The summed E-state index contributed by atoms with van der Waals surface area (Å²) in [6.45, 7) is 0.545. The van der Waals surface area contributed by atoms with Gasteiger partial charge in [-0.3, -0.25) is 9.59 Å². The molecule has 0 aromatic heterocycles. The molecule has 1 atom stereocenters. The van der Waals surface area contributed by atoms with Crippen LogP contribution in [-0.2, 0) is 16.1 Å². The number of rotatable bonds is 6. The molecule has 2 aliphatic rings. The van der Waals surface area contributed by atoms with E-state index in [-0.39, 0.29) is 24.4 Å². The molecule has 2 aromatic carbocycles. The van der Waals surface area contributed by atoms with E-state index >= 15 is 0 Å². The van der Waals surface area contributed by atoms with Gasteiger partial charge in [0.25, 0.3) is 5.91 Å². The van der Waals surface area contributed by atoms with Crippen molar-refractivity contribution in [2.45, 2.75) is 57.2 Å². The largest absolute Gasteiger partial charge is 0.493 e. The van der Waals surface area contributed by atoms with E-state index in [2.05, 4.69) is 0 Å². The molecule has 1 aliphatic carbocycles. The van der Waals surface area contributed by atoms with Crippen molar-refractivity contribution in [2.75, 3.05) is 20.8 Å². The Balaban J connectivity index is 1.71. The van der Waals surface area contributed by atoms with Crippen molar-refractivity contribution >= 4 is 11.8 Å². The van der Waals surface area contributed by atoms with E-state index in [1.54, 1.807) is 25.2 Å². The lowest BCUT2D eigenvalue weighted by Crippen LogP contribution is -2.57. The Kier molecular flexibility index (Phi) is 6.98. The van der Waals surface area contributed by atoms with Crippen LogP contribution in [0.1, 0.15) is 55.7 Å². The van der Waals surface area contributed by atoms with Gasteiger partial charge in [0, 0.05) is 12.6 Å². The van der Waals surface area contributed by atoms with Gasteiger partial charge in [0.15, 0.2) is 11.5 Å². The summed E-state index contributed by atoms with van der Waals surface area (Å²) < 4.78 is 10.9. The highest BCUT2D eigenvalue weighted by molar-refractivity contribution is 5.96. The summed E-state index contributed by atoms with van der Waals surface area (Å²) in [6, 6.07) is 14.8. The predicted octanol–water partition coefficient (Wildman–Crippen LogP) is 4.34. The van der Waals surface area contributed by atoms with Gasteiger partial charge in [-0.2, -0.15) is 0 Å². The first kappa shape index (κ1) is 22.2. The zero-order chi connectivity index (χ0) is 22.5. The Hall–Kier alpha value is -3.02. The van der Waals surface area contributed by atoms with Crippen LogP contribution in [0.4, 0.5) is 0 Å². The molecule has 1 saturated heterocycles. The second-order valence-electron chi connectivity index (χ2n) is 8.64. The van der Waals surface area contributed by atoms with Crippen LogP contribution in [-0.4, -0.2) is 48.4 Å². The van der Waals surface area contributed by atoms with Crippen molar-refractivity contribution in [2.24, 2.45) is 0 Å². The molecule has 32 heavy (non-hydrogen) atoms. The van der Waals surface area contributed by atoms with Crippen molar-refractivity contribution in [1.29, 1.82) is 0 Å². The molecule has 0 bridgehead atoms. The Labute approximate surface area is 190 Å². The summed E-state index contributed by atoms with van der Waals surface area (Å²) in [5, 5.41) is 0. The Bertz CT molecular complexity index is 938. The van der Waals surface area contributed by atoms with Gasteiger partial charge in [0.1, 0.15) is 12.6 Å². The average molecular weight is 437 g/mol. The fourth-order valence-corrected chi connectivity index (χ4v) is 4.93. The molecule has 1 heterocycles. The van der Waals surface area contributed by atoms with Gasteiger partial charge < -0.3 is 19.3 Å². The monoisotopic (exact) mass is 436 g/mol. The molecule has 6 nitrogen and oxygen atoms in total. The maximum absolute atomic E-state index is 13.9. The summed E-state index contributed by atoms with van der Waals surface area (Å²) in [5.41, 5.74) is 1.75. The van der Waals surface area contributed by atoms with E-state index < -0.39 is 6.04 Å². The Morgan fingerprint density at radius 1 is 0.875 bits per heavy atom.